The topological polar surface area (TPSA) is 78.4 Å². The molecule has 94 valence electrons. The van der Waals surface area contributed by atoms with Crippen molar-refractivity contribution < 1.29 is 27.9 Å². The fourth-order valence-corrected chi connectivity index (χ4v) is 0.924. The molecule has 3 N–H and O–H groups in total. The van der Waals surface area contributed by atoms with Gasteiger partial charge in [-0.05, 0) is 19.3 Å². The Hall–Kier alpha value is -1.47. The van der Waals surface area contributed by atoms with Crippen LogP contribution in [0.3, 0.4) is 0 Å². The van der Waals surface area contributed by atoms with Gasteiger partial charge in [0.05, 0.1) is 0 Å². The maximum absolute atomic E-state index is 11.7. The van der Waals surface area contributed by atoms with Crippen LogP contribution in [0.1, 0.15) is 19.3 Å². The Morgan fingerprint density at radius 3 is 1.94 bits per heavy atom. The number of amides is 2. The third-order valence-corrected chi connectivity index (χ3v) is 1.67. The van der Waals surface area contributed by atoms with Crippen molar-refractivity contribution in [3.8, 4) is 0 Å². The van der Waals surface area contributed by atoms with Crippen LogP contribution in [0.4, 0.5) is 18.0 Å². The minimum atomic E-state index is -4.84. The van der Waals surface area contributed by atoms with Crippen LogP contribution in [0.15, 0.2) is 0 Å². The first-order valence-electron chi connectivity index (χ1n) is 4.66. The SMILES string of the molecule is O=C(O)NCCCCCNC(=O)C(F)(F)F. The Bertz CT molecular complexity index is 243. The number of hydrogen-bond donors (Lipinski definition) is 3. The first kappa shape index (κ1) is 14.5. The van der Waals surface area contributed by atoms with Crippen molar-refractivity contribution in [2.24, 2.45) is 0 Å². The van der Waals surface area contributed by atoms with E-state index < -0.39 is 18.2 Å². The molecular weight excluding hydrogens is 229 g/mol. The van der Waals surface area contributed by atoms with E-state index in [1.165, 1.54) is 0 Å². The zero-order valence-electron chi connectivity index (χ0n) is 8.43. The summed E-state index contributed by atoms with van der Waals surface area (Å²) in [6.45, 7) is 0.188. The van der Waals surface area contributed by atoms with Gasteiger partial charge in [0, 0.05) is 13.1 Å². The number of alkyl halides is 3. The molecule has 0 saturated heterocycles. The summed E-state index contributed by atoms with van der Waals surface area (Å²) in [5.41, 5.74) is 0. The molecule has 0 aliphatic heterocycles. The number of halogens is 3. The van der Waals surface area contributed by atoms with E-state index in [1.807, 2.05) is 0 Å². The van der Waals surface area contributed by atoms with Crippen LogP contribution in [0.5, 0.6) is 0 Å². The van der Waals surface area contributed by atoms with E-state index >= 15 is 0 Å². The molecule has 0 aromatic heterocycles. The lowest BCUT2D eigenvalue weighted by molar-refractivity contribution is -0.173. The quantitative estimate of drug-likeness (QED) is 0.610. The summed E-state index contributed by atoms with van der Waals surface area (Å²) in [4.78, 5) is 20.3. The monoisotopic (exact) mass is 242 g/mol. The standard InChI is InChI=1S/C8H13F3N2O3/c9-8(10,11)6(14)12-4-2-1-3-5-13-7(15)16/h13H,1-5H2,(H,12,14)(H,15,16). The predicted octanol–water partition coefficient (Wildman–Crippen LogP) is 1.10. The maximum Gasteiger partial charge on any atom is 0.471 e. The zero-order chi connectivity index (χ0) is 12.6. The highest BCUT2D eigenvalue weighted by Crippen LogP contribution is 2.13. The van der Waals surface area contributed by atoms with E-state index in [0.29, 0.717) is 19.3 Å². The summed E-state index contributed by atoms with van der Waals surface area (Å²) < 4.78 is 35.0. The Balaban J connectivity index is 3.34. The van der Waals surface area contributed by atoms with Gasteiger partial charge in [0.2, 0.25) is 0 Å². The van der Waals surface area contributed by atoms with E-state index in [0.717, 1.165) is 0 Å². The molecule has 0 aromatic rings. The summed E-state index contributed by atoms with van der Waals surface area (Å²) in [6.07, 6.45) is -4.54. The summed E-state index contributed by atoms with van der Waals surface area (Å²) >= 11 is 0. The van der Waals surface area contributed by atoms with E-state index in [2.05, 4.69) is 5.32 Å². The molecule has 0 bridgehead atoms. The van der Waals surface area contributed by atoms with Gasteiger partial charge in [-0.15, -0.1) is 0 Å². The van der Waals surface area contributed by atoms with Crippen molar-refractivity contribution in [2.45, 2.75) is 25.4 Å². The molecule has 0 atom stereocenters. The second-order valence-electron chi connectivity index (χ2n) is 3.05. The average Bonchev–Trinajstić information content (AvgIpc) is 2.14. The van der Waals surface area contributed by atoms with E-state index in [1.54, 1.807) is 5.32 Å². The number of carboxylic acid groups (broad SMARTS) is 1. The summed E-state index contributed by atoms with van der Waals surface area (Å²) in [6, 6.07) is 0. The predicted molar refractivity (Wildman–Crippen MR) is 48.9 cm³/mol. The molecule has 0 fully saturated rings. The van der Waals surface area contributed by atoms with Crippen molar-refractivity contribution in [2.75, 3.05) is 13.1 Å². The summed E-state index contributed by atoms with van der Waals surface area (Å²) in [7, 11) is 0. The van der Waals surface area contributed by atoms with Crippen LogP contribution in [-0.4, -0.2) is 36.4 Å². The van der Waals surface area contributed by atoms with Gasteiger partial charge in [0.15, 0.2) is 0 Å². The van der Waals surface area contributed by atoms with Gasteiger partial charge in [0.25, 0.3) is 0 Å². The zero-order valence-corrected chi connectivity index (χ0v) is 8.43. The summed E-state index contributed by atoms with van der Waals surface area (Å²) in [5.74, 6) is -1.95. The molecular formula is C8H13F3N2O3. The fourth-order valence-electron chi connectivity index (χ4n) is 0.924. The Morgan fingerprint density at radius 2 is 1.50 bits per heavy atom. The second kappa shape index (κ2) is 6.91. The van der Waals surface area contributed by atoms with Gasteiger partial charge in [-0.25, -0.2) is 4.79 Å². The van der Waals surface area contributed by atoms with Crippen LogP contribution in [0, 0.1) is 0 Å². The largest absolute Gasteiger partial charge is 0.471 e. The van der Waals surface area contributed by atoms with Crippen LogP contribution >= 0.6 is 0 Å². The summed E-state index contributed by atoms with van der Waals surface area (Å²) in [5, 5.41) is 12.0. The molecule has 16 heavy (non-hydrogen) atoms. The molecule has 8 heteroatoms. The molecule has 5 nitrogen and oxygen atoms in total. The van der Waals surface area contributed by atoms with Crippen LogP contribution < -0.4 is 10.6 Å². The average molecular weight is 242 g/mol. The molecule has 0 saturated carbocycles. The van der Waals surface area contributed by atoms with Crippen molar-refractivity contribution in [3.05, 3.63) is 0 Å². The number of rotatable bonds is 6. The lowest BCUT2D eigenvalue weighted by Gasteiger charge is -2.07. The van der Waals surface area contributed by atoms with E-state index in [4.69, 9.17) is 5.11 Å². The Kier molecular flexibility index (Phi) is 6.28. The number of carbonyl (C=O) groups excluding carboxylic acids is 1. The fraction of sp³-hybridized carbons (Fsp3) is 0.750. The Morgan fingerprint density at radius 1 is 1.00 bits per heavy atom. The van der Waals surface area contributed by atoms with Crippen LogP contribution in [-0.2, 0) is 4.79 Å². The number of nitrogens with one attached hydrogen (secondary N) is 2. The molecule has 0 unspecified atom stereocenters. The number of carbonyl (C=O) groups is 2. The highest BCUT2D eigenvalue weighted by atomic mass is 19.4. The first-order valence-corrected chi connectivity index (χ1v) is 4.66. The number of hydrogen-bond acceptors (Lipinski definition) is 2. The van der Waals surface area contributed by atoms with E-state index in [9.17, 15) is 22.8 Å². The van der Waals surface area contributed by atoms with Gasteiger partial charge in [0.1, 0.15) is 0 Å². The van der Waals surface area contributed by atoms with Crippen molar-refractivity contribution in [1.82, 2.24) is 10.6 Å². The smallest absolute Gasteiger partial charge is 0.465 e. The molecule has 0 rings (SSSR count). The molecule has 0 heterocycles. The van der Waals surface area contributed by atoms with Crippen LogP contribution in [0.2, 0.25) is 0 Å². The third kappa shape index (κ3) is 7.89. The van der Waals surface area contributed by atoms with Crippen molar-refractivity contribution >= 4 is 12.0 Å². The second-order valence-corrected chi connectivity index (χ2v) is 3.05. The lowest BCUT2D eigenvalue weighted by Crippen LogP contribution is -2.37. The van der Waals surface area contributed by atoms with Gasteiger partial charge in [-0.3, -0.25) is 4.79 Å². The molecule has 0 spiro atoms. The van der Waals surface area contributed by atoms with E-state index in [-0.39, 0.29) is 13.1 Å². The minimum absolute atomic E-state index is 0.0641. The third-order valence-electron chi connectivity index (χ3n) is 1.67. The minimum Gasteiger partial charge on any atom is -0.465 e. The van der Waals surface area contributed by atoms with Crippen molar-refractivity contribution in [3.63, 3.8) is 0 Å². The van der Waals surface area contributed by atoms with Crippen LogP contribution in [0.25, 0.3) is 0 Å². The highest BCUT2D eigenvalue weighted by Gasteiger charge is 2.38. The normalized spacial score (nSPS) is 10.9. The molecule has 0 radical (unpaired) electrons. The Labute approximate surface area is 90.0 Å². The van der Waals surface area contributed by atoms with Gasteiger partial charge >= 0.3 is 18.2 Å². The van der Waals surface area contributed by atoms with Gasteiger partial charge in [-0.1, -0.05) is 0 Å². The molecule has 0 aromatic carbocycles. The molecule has 0 aliphatic carbocycles. The van der Waals surface area contributed by atoms with Gasteiger partial charge in [-0.2, -0.15) is 13.2 Å². The molecule has 2 amide bonds. The lowest BCUT2D eigenvalue weighted by atomic mass is 10.2. The molecule has 0 aliphatic rings. The highest BCUT2D eigenvalue weighted by molar-refractivity contribution is 5.81. The maximum atomic E-state index is 11.7. The van der Waals surface area contributed by atoms with Gasteiger partial charge < -0.3 is 15.7 Å². The first-order chi connectivity index (χ1) is 7.34. The number of unbranched alkanes of at least 4 members (excludes halogenated alkanes) is 2. The van der Waals surface area contributed by atoms with Crippen molar-refractivity contribution in [1.29, 1.82) is 0 Å².